The molecule has 5 heteroatoms. The molecule has 2 rings (SSSR count). The fraction of sp³-hybridized carbons (Fsp3) is 0.818. The Hall–Kier alpha value is -1.10. The van der Waals surface area contributed by atoms with Crippen molar-refractivity contribution in [1.82, 2.24) is 4.90 Å². The molecule has 1 amide bonds. The number of aliphatic hydroxyl groups excluding tert-OH is 1. The number of aliphatic hydroxyl groups is 1. The number of carbonyl (C=O) groups is 2. The van der Waals surface area contributed by atoms with Crippen molar-refractivity contribution in [2.24, 2.45) is 5.92 Å². The van der Waals surface area contributed by atoms with Gasteiger partial charge in [0, 0.05) is 6.54 Å². The third-order valence-corrected chi connectivity index (χ3v) is 3.57. The summed E-state index contributed by atoms with van der Waals surface area (Å²) < 4.78 is 0. The third-order valence-electron chi connectivity index (χ3n) is 3.57. The number of aliphatic carboxylic acids is 1. The molecule has 0 spiro atoms. The number of likely N-dealkylation sites (tertiary alicyclic amines) is 1. The highest BCUT2D eigenvalue weighted by Gasteiger charge is 2.41. The standard InChI is InChI=1S/C11H17NO4/c13-8-5-9(14)12(6-8)10(11(15)16)7-3-1-2-4-7/h7-8,10,13H,1-6H2,(H,15,16). The van der Waals surface area contributed by atoms with Gasteiger partial charge in [0.05, 0.1) is 12.5 Å². The van der Waals surface area contributed by atoms with Crippen molar-refractivity contribution in [3.63, 3.8) is 0 Å². The van der Waals surface area contributed by atoms with Crippen LogP contribution in [-0.2, 0) is 9.59 Å². The maximum atomic E-state index is 11.6. The largest absolute Gasteiger partial charge is 0.480 e. The Labute approximate surface area is 94.0 Å². The monoisotopic (exact) mass is 227 g/mol. The highest BCUT2D eigenvalue weighted by molar-refractivity contribution is 5.85. The Morgan fingerprint density at radius 2 is 2.00 bits per heavy atom. The summed E-state index contributed by atoms with van der Waals surface area (Å²) in [6.07, 6.45) is 3.19. The summed E-state index contributed by atoms with van der Waals surface area (Å²) in [7, 11) is 0. The minimum Gasteiger partial charge on any atom is -0.480 e. The number of carboxylic acid groups (broad SMARTS) is 1. The number of rotatable bonds is 3. The average molecular weight is 227 g/mol. The number of nitrogens with zero attached hydrogens (tertiary/aromatic N) is 1. The Morgan fingerprint density at radius 3 is 2.44 bits per heavy atom. The van der Waals surface area contributed by atoms with E-state index in [1.807, 2.05) is 0 Å². The van der Waals surface area contributed by atoms with E-state index in [4.69, 9.17) is 0 Å². The van der Waals surface area contributed by atoms with Gasteiger partial charge >= 0.3 is 5.97 Å². The van der Waals surface area contributed by atoms with Gasteiger partial charge in [0.1, 0.15) is 6.04 Å². The van der Waals surface area contributed by atoms with Gasteiger partial charge in [0.2, 0.25) is 5.91 Å². The van der Waals surface area contributed by atoms with Crippen LogP contribution in [0.4, 0.5) is 0 Å². The van der Waals surface area contributed by atoms with E-state index < -0.39 is 18.1 Å². The lowest BCUT2D eigenvalue weighted by molar-refractivity contribution is -0.150. The molecule has 2 unspecified atom stereocenters. The molecular formula is C11H17NO4. The van der Waals surface area contributed by atoms with Gasteiger partial charge in [-0.05, 0) is 18.8 Å². The molecule has 1 saturated heterocycles. The average Bonchev–Trinajstić information content (AvgIpc) is 2.78. The van der Waals surface area contributed by atoms with Crippen LogP contribution in [0.3, 0.4) is 0 Å². The quantitative estimate of drug-likeness (QED) is 0.723. The van der Waals surface area contributed by atoms with Crippen LogP contribution in [0, 0.1) is 5.92 Å². The van der Waals surface area contributed by atoms with Crippen LogP contribution >= 0.6 is 0 Å². The van der Waals surface area contributed by atoms with Crippen LogP contribution in [0.25, 0.3) is 0 Å². The number of amides is 1. The van der Waals surface area contributed by atoms with Gasteiger partial charge in [-0.2, -0.15) is 0 Å². The van der Waals surface area contributed by atoms with Gasteiger partial charge in [-0.15, -0.1) is 0 Å². The summed E-state index contributed by atoms with van der Waals surface area (Å²) in [5, 5.41) is 18.6. The number of β-amino-alcohol motifs (C(OH)–C–C–N with tert-alkyl or cyclic N) is 1. The molecule has 0 aromatic heterocycles. The SMILES string of the molecule is O=C(O)C(C1CCCC1)N1CC(O)CC1=O. The molecule has 2 atom stereocenters. The Kier molecular flexibility index (Phi) is 3.14. The molecule has 2 aliphatic rings. The third kappa shape index (κ3) is 2.04. The Balaban J connectivity index is 2.12. The molecule has 90 valence electrons. The number of hydrogen-bond acceptors (Lipinski definition) is 3. The van der Waals surface area contributed by atoms with Gasteiger partial charge in [0.25, 0.3) is 0 Å². The second-order valence-corrected chi connectivity index (χ2v) is 4.73. The first-order valence-corrected chi connectivity index (χ1v) is 5.80. The smallest absolute Gasteiger partial charge is 0.326 e. The first kappa shape index (κ1) is 11.4. The Bertz CT molecular complexity index is 298. The van der Waals surface area contributed by atoms with Gasteiger partial charge in [-0.25, -0.2) is 4.79 Å². The molecule has 2 fully saturated rings. The molecular weight excluding hydrogens is 210 g/mol. The predicted octanol–water partition coefficient (Wildman–Crippen LogP) is 0.223. The van der Waals surface area contributed by atoms with Gasteiger partial charge in [-0.3, -0.25) is 4.79 Å². The van der Waals surface area contributed by atoms with Crippen LogP contribution in [0.1, 0.15) is 32.1 Å². The molecule has 1 saturated carbocycles. The summed E-state index contributed by atoms with van der Waals surface area (Å²) in [6, 6.07) is -0.729. The highest BCUT2D eigenvalue weighted by Crippen LogP contribution is 2.32. The van der Waals surface area contributed by atoms with E-state index >= 15 is 0 Å². The molecule has 1 aliphatic heterocycles. The highest BCUT2D eigenvalue weighted by atomic mass is 16.4. The van der Waals surface area contributed by atoms with Crippen LogP contribution < -0.4 is 0 Å². The summed E-state index contributed by atoms with van der Waals surface area (Å²) in [6.45, 7) is 0.173. The van der Waals surface area contributed by atoms with Gasteiger partial charge in [-0.1, -0.05) is 12.8 Å². The van der Waals surface area contributed by atoms with Crippen molar-refractivity contribution in [2.45, 2.75) is 44.2 Å². The molecule has 5 nitrogen and oxygen atoms in total. The summed E-state index contributed by atoms with van der Waals surface area (Å²) >= 11 is 0. The van der Waals surface area contributed by atoms with Crippen LogP contribution in [-0.4, -0.2) is 45.7 Å². The normalized spacial score (nSPS) is 28.7. The minimum atomic E-state index is -0.936. The van der Waals surface area contributed by atoms with Crippen molar-refractivity contribution < 1.29 is 19.8 Å². The number of carbonyl (C=O) groups excluding carboxylic acids is 1. The number of hydrogen-bond donors (Lipinski definition) is 2. The molecule has 0 aromatic carbocycles. The van der Waals surface area contributed by atoms with Crippen LogP contribution in [0.15, 0.2) is 0 Å². The van der Waals surface area contributed by atoms with Gasteiger partial charge < -0.3 is 15.1 Å². The van der Waals surface area contributed by atoms with Crippen molar-refractivity contribution in [1.29, 1.82) is 0 Å². The molecule has 0 aromatic rings. The lowest BCUT2D eigenvalue weighted by Gasteiger charge is -2.28. The van der Waals surface area contributed by atoms with E-state index in [0.717, 1.165) is 25.7 Å². The summed E-state index contributed by atoms with van der Waals surface area (Å²) in [5.74, 6) is -1.10. The topological polar surface area (TPSA) is 77.8 Å². The van der Waals surface area contributed by atoms with Crippen LogP contribution in [0.5, 0.6) is 0 Å². The van der Waals surface area contributed by atoms with Gasteiger partial charge in [0.15, 0.2) is 0 Å². The predicted molar refractivity (Wildman–Crippen MR) is 55.7 cm³/mol. The first-order chi connectivity index (χ1) is 7.59. The van der Waals surface area contributed by atoms with E-state index in [0.29, 0.717) is 0 Å². The van der Waals surface area contributed by atoms with Crippen molar-refractivity contribution in [3.8, 4) is 0 Å². The second-order valence-electron chi connectivity index (χ2n) is 4.73. The van der Waals surface area contributed by atoms with Crippen molar-refractivity contribution >= 4 is 11.9 Å². The van der Waals surface area contributed by atoms with E-state index in [1.165, 1.54) is 4.90 Å². The molecule has 1 aliphatic carbocycles. The molecule has 1 heterocycles. The fourth-order valence-electron chi connectivity index (χ4n) is 2.84. The van der Waals surface area contributed by atoms with Crippen molar-refractivity contribution in [3.05, 3.63) is 0 Å². The molecule has 0 bridgehead atoms. The number of carboxylic acids is 1. The molecule has 0 radical (unpaired) electrons. The van der Waals surface area contributed by atoms with E-state index in [9.17, 15) is 19.8 Å². The van der Waals surface area contributed by atoms with E-state index in [2.05, 4.69) is 0 Å². The van der Waals surface area contributed by atoms with E-state index in [1.54, 1.807) is 0 Å². The second kappa shape index (κ2) is 4.41. The summed E-state index contributed by atoms with van der Waals surface area (Å²) in [5.41, 5.74) is 0. The maximum Gasteiger partial charge on any atom is 0.326 e. The molecule has 16 heavy (non-hydrogen) atoms. The lowest BCUT2D eigenvalue weighted by atomic mass is 9.97. The van der Waals surface area contributed by atoms with Crippen LogP contribution in [0.2, 0.25) is 0 Å². The first-order valence-electron chi connectivity index (χ1n) is 5.80. The zero-order chi connectivity index (χ0) is 11.7. The zero-order valence-corrected chi connectivity index (χ0v) is 9.13. The summed E-state index contributed by atoms with van der Waals surface area (Å²) in [4.78, 5) is 24.2. The van der Waals surface area contributed by atoms with E-state index in [-0.39, 0.29) is 24.8 Å². The zero-order valence-electron chi connectivity index (χ0n) is 9.13. The minimum absolute atomic E-state index is 0.0618. The van der Waals surface area contributed by atoms with Crippen molar-refractivity contribution in [2.75, 3.05) is 6.54 Å². The molecule has 2 N–H and O–H groups in total. The lowest BCUT2D eigenvalue weighted by Crippen LogP contribution is -2.46. The Morgan fingerprint density at radius 1 is 1.38 bits per heavy atom. The fourth-order valence-corrected chi connectivity index (χ4v) is 2.84. The maximum absolute atomic E-state index is 11.6.